The molecule has 0 aromatic carbocycles. The number of halogens is 1. The summed E-state index contributed by atoms with van der Waals surface area (Å²) in [6.07, 6.45) is 3.18. The Balaban J connectivity index is 1.89. The van der Waals surface area contributed by atoms with Gasteiger partial charge >= 0.3 is 0 Å². The average Bonchev–Trinajstić information content (AvgIpc) is 2.73. The molecule has 2 N–H and O–H groups in total. The summed E-state index contributed by atoms with van der Waals surface area (Å²) >= 11 is 6.11. The second-order valence-corrected chi connectivity index (χ2v) is 4.78. The Morgan fingerprint density at radius 1 is 1.53 bits per heavy atom. The SMILES string of the molecule is O=C(NCC1CCCC1Cl)c1ccc(=O)[nH]n1. The number of carbonyl (C=O) groups excluding carboxylic acids is 1. The van der Waals surface area contributed by atoms with Gasteiger partial charge in [0.05, 0.1) is 0 Å². The van der Waals surface area contributed by atoms with Crippen LogP contribution in [0.1, 0.15) is 29.8 Å². The maximum absolute atomic E-state index is 11.7. The van der Waals surface area contributed by atoms with Crippen molar-refractivity contribution in [3.8, 4) is 0 Å². The van der Waals surface area contributed by atoms with E-state index < -0.39 is 0 Å². The number of rotatable bonds is 3. The summed E-state index contributed by atoms with van der Waals surface area (Å²) in [5, 5.41) is 8.82. The Bertz CT molecular complexity index is 440. The average molecular weight is 256 g/mol. The molecule has 1 aliphatic carbocycles. The monoisotopic (exact) mass is 255 g/mol. The summed E-state index contributed by atoms with van der Waals surface area (Å²) in [6.45, 7) is 0.563. The van der Waals surface area contributed by atoms with Gasteiger partial charge in [-0.3, -0.25) is 9.59 Å². The second kappa shape index (κ2) is 5.31. The predicted octanol–water partition coefficient (Wildman–Crippen LogP) is 0.907. The number of nitrogens with one attached hydrogen (secondary N) is 2. The van der Waals surface area contributed by atoms with Crippen LogP contribution in [-0.2, 0) is 0 Å². The summed E-state index contributed by atoms with van der Waals surface area (Å²) < 4.78 is 0. The van der Waals surface area contributed by atoms with Crippen molar-refractivity contribution in [3.05, 3.63) is 28.2 Å². The van der Waals surface area contributed by atoms with E-state index in [4.69, 9.17) is 11.6 Å². The first-order valence-corrected chi connectivity index (χ1v) is 6.08. The van der Waals surface area contributed by atoms with Crippen LogP contribution in [0.25, 0.3) is 0 Å². The molecule has 0 radical (unpaired) electrons. The predicted molar refractivity (Wildman–Crippen MR) is 64.2 cm³/mol. The highest BCUT2D eigenvalue weighted by atomic mass is 35.5. The summed E-state index contributed by atoms with van der Waals surface area (Å²) in [6, 6.07) is 2.68. The molecule has 0 bridgehead atoms. The van der Waals surface area contributed by atoms with Crippen LogP contribution in [0.2, 0.25) is 0 Å². The Morgan fingerprint density at radius 3 is 2.94 bits per heavy atom. The van der Waals surface area contributed by atoms with Crippen LogP contribution in [-0.4, -0.2) is 28.0 Å². The first kappa shape index (κ1) is 12.1. The first-order valence-electron chi connectivity index (χ1n) is 5.65. The normalized spacial score (nSPS) is 23.6. The molecule has 1 amide bonds. The molecular formula is C11H14ClN3O2. The third-order valence-electron chi connectivity index (χ3n) is 3.00. The lowest BCUT2D eigenvalue weighted by Gasteiger charge is -2.13. The molecule has 5 nitrogen and oxygen atoms in total. The quantitative estimate of drug-likeness (QED) is 0.789. The number of aromatic nitrogens is 2. The fourth-order valence-electron chi connectivity index (χ4n) is 2.01. The van der Waals surface area contributed by atoms with Crippen LogP contribution in [0, 0.1) is 5.92 Å². The van der Waals surface area contributed by atoms with Gasteiger partial charge in [0.25, 0.3) is 11.5 Å². The number of hydrogen-bond donors (Lipinski definition) is 2. The van der Waals surface area contributed by atoms with E-state index in [2.05, 4.69) is 15.5 Å². The van der Waals surface area contributed by atoms with Gasteiger partial charge in [0, 0.05) is 18.0 Å². The zero-order chi connectivity index (χ0) is 12.3. The van der Waals surface area contributed by atoms with Crippen molar-refractivity contribution in [1.29, 1.82) is 0 Å². The van der Waals surface area contributed by atoms with Crippen LogP contribution in [0.5, 0.6) is 0 Å². The van der Waals surface area contributed by atoms with Crippen LogP contribution >= 0.6 is 11.6 Å². The summed E-state index contributed by atoms with van der Waals surface area (Å²) in [7, 11) is 0. The first-order chi connectivity index (χ1) is 8.16. The molecule has 0 aliphatic heterocycles. The number of aromatic amines is 1. The van der Waals surface area contributed by atoms with Crippen LogP contribution in [0.15, 0.2) is 16.9 Å². The highest BCUT2D eigenvalue weighted by Gasteiger charge is 2.25. The third-order valence-corrected chi connectivity index (χ3v) is 3.58. The van der Waals surface area contributed by atoms with Crippen molar-refractivity contribution in [2.24, 2.45) is 5.92 Å². The molecule has 0 spiro atoms. The second-order valence-electron chi connectivity index (χ2n) is 4.22. The number of nitrogens with zero attached hydrogens (tertiary/aromatic N) is 1. The van der Waals surface area contributed by atoms with Gasteiger partial charge in [-0.1, -0.05) is 6.42 Å². The van der Waals surface area contributed by atoms with Crippen LogP contribution < -0.4 is 10.9 Å². The van der Waals surface area contributed by atoms with Crippen LogP contribution in [0.4, 0.5) is 0 Å². The molecule has 1 saturated carbocycles. The molecule has 1 aromatic heterocycles. The maximum Gasteiger partial charge on any atom is 0.271 e. The van der Waals surface area contributed by atoms with Crippen molar-refractivity contribution in [3.63, 3.8) is 0 Å². The van der Waals surface area contributed by atoms with E-state index in [0.29, 0.717) is 12.5 Å². The number of amides is 1. The zero-order valence-corrected chi connectivity index (χ0v) is 10.0. The van der Waals surface area contributed by atoms with E-state index in [1.165, 1.54) is 12.1 Å². The topological polar surface area (TPSA) is 74.8 Å². The molecule has 2 atom stereocenters. The molecule has 2 unspecified atom stereocenters. The molecule has 0 saturated heterocycles. The minimum absolute atomic E-state index is 0.152. The highest BCUT2D eigenvalue weighted by molar-refractivity contribution is 6.21. The van der Waals surface area contributed by atoms with Gasteiger partial charge in [-0.25, -0.2) is 5.10 Å². The van der Waals surface area contributed by atoms with Gasteiger partial charge < -0.3 is 5.32 Å². The van der Waals surface area contributed by atoms with Crippen molar-refractivity contribution >= 4 is 17.5 Å². The van der Waals surface area contributed by atoms with Crippen molar-refractivity contribution in [2.75, 3.05) is 6.54 Å². The summed E-state index contributed by atoms with van der Waals surface area (Å²) in [4.78, 5) is 22.5. The smallest absolute Gasteiger partial charge is 0.271 e. The molecule has 1 aromatic rings. The van der Waals surface area contributed by atoms with Crippen molar-refractivity contribution < 1.29 is 4.79 Å². The fraction of sp³-hybridized carbons (Fsp3) is 0.545. The van der Waals surface area contributed by atoms with Crippen molar-refractivity contribution in [2.45, 2.75) is 24.6 Å². The van der Waals surface area contributed by atoms with Crippen LogP contribution in [0.3, 0.4) is 0 Å². The summed E-state index contributed by atoms with van der Waals surface area (Å²) in [5.74, 6) is 0.0559. The lowest BCUT2D eigenvalue weighted by molar-refractivity contribution is 0.0941. The molecule has 6 heteroatoms. The third kappa shape index (κ3) is 3.06. The summed E-state index contributed by atoms with van der Waals surface area (Å²) in [5.41, 5.74) is -0.105. The number of hydrogen-bond acceptors (Lipinski definition) is 3. The minimum Gasteiger partial charge on any atom is -0.350 e. The Morgan fingerprint density at radius 2 is 2.35 bits per heavy atom. The van der Waals surface area contributed by atoms with Gasteiger partial charge in [-0.15, -0.1) is 11.6 Å². The van der Waals surface area contributed by atoms with E-state index in [9.17, 15) is 9.59 Å². The highest BCUT2D eigenvalue weighted by Crippen LogP contribution is 2.29. The number of alkyl halides is 1. The molecular weight excluding hydrogens is 242 g/mol. The Kier molecular flexibility index (Phi) is 3.78. The lowest BCUT2D eigenvalue weighted by Crippen LogP contribution is -2.32. The van der Waals surface area contributed by atoms with E-state index in [0.717, 1.165) is 19.3 Å². The number of carbonyl (C=O) groups is 1. The molecule has 2 rings (SSSR count). The lowest BCUT2D eigenvalue weighted by atomic mass is 10.1. The van der Waals surface area contributed by atoms with Gasteiger partial charge in [0.15, 0.2) is 0 Å². The van der Waals surface area contributed by atoms with Gasteiger partial charge in [-0.2, -0.15) is 5.10 Å². The minimum atomic E-state index is -0.321. The zero-order valence-electron chi connectivity index (χ0n) is 9.28. The standard InChI is InChI=1S/C11H14ClN3O2/c12-8-3-1-2-7(8)6-13-11(17)9-4-5-10(16)15-14-9/h4-5,7-8H,1-3,6H2,(H,13,17)(H,15,16). The largest absolute Gasteiger partial charge is 0.350 e. The molecule has 1 heterocycles. The molecule has 1 aliphatic rings. The molecule has 17 heavy (non-hydrogen) atoms. The van der Waals surface area contributed by atoms with E-state index >= 15 is 0 Å². The van der Waals surface area contributed by atoms with E-state index in [-0.39, 0.29) is 22.5 Å². The van der Waals surface area contributed by atoms with Gasteiger partial charge in [-0.05, 0) is 24.8 Å². The Hall–Kier alpha value is -1.36. The van der Waals surface area contributed by atoms with Gasteiger partial charge in [0.1, 0.15) is 5.69 Å². The fourth-order valence-corrected chi connectivity index (χ4v) is 2.38. The van der Waals surface area contributed by atoms with E-state index in [1.807, 2.05) is 0 Å². The van der Waals surface area contributed by atoms with Crippen molar-refractivity contribution in [1.82, 2.24) is 15.5 Å². The Labute approximate surface area is 104 Å². The molecule has 1 fully saturated rings. The van der Waals surface area contributed by atoms with Gasteiger partial charge in [0.2, 0.25) is 0 Å². The molecule has 92 valence electrons. The number of H-pyrrole nitrogens is 1. The maximum atomic E-state index is 11.7. The van der Waals surface area contributed by atoms with E-state index in [1.54, 1.807) is 0 Å².